The lowest BCUT2D eigenvalue weighted by atomic mass is 10.1. The van der Waals surface area contributed by atoms with Crippen LogP contribution in [0, 0.1) is 0 Å². The molecule has 2 heterocycles. The molecule has 0 amide bonds. The second kappa shape index (κ2) is 7.98. The lowest BCUT2D eigenvalue weighted by molar-refractivity contribution is 0.141. The summed E-state index contributed by atoms with van der Waals surface area (Å²) in [4.78, 5) is 13.0. The Morgan fingerprint density at radius 3 is 2.38 bits per heavy atom. The summed E-state index contributed by atoms with van der Waals surface area (Å²) in [5.41, 5.74) is 14.8. The summed E-state index contributed by atoms with van der Waals surface area (Å²) in [5, 5.41) is 0. The number of ether oxygens (including phenoxy) is 3. The fourth-order valence-corrected chi connectivity index (χ4v) is 2.52. The average molecular weight is 358 g/mol. The Kier molecular flexibility index (Phi) is 5.49. The summed E-state index contributed by atoms with van der Waals surface area (Å²) in [6.45, 7) is 1.77. The molecule has 4 N–H and O–H groups in total. The number of nitrogens with zero attached hydrogens (tertiary/aromatic N) is 4. The van der Waals surface area contributed by atoms with E-state index in [0.29, 0.717) is 43.5 Å². The number of aromatic nitrogens is 4. The van der Waals surface area contributed by atoms with Gasteiger partial charge in [-0.25, -0.2) is 0 Å². The van der Waals surface area contributed by atoms with Crippen molar-refractivity contribution in [2.24, 2.45) is 5.73 Å². The molecule has 0 spiro atoms. The Bertz CT molecular complexity index is 878. The van der Waals surface area contributed by atoms with E-state index in [-0.39, 0.29) is 11.8 Å². The van der Waals surface area contributed by atoms with Crippen LogP contribution in [0.5, 0.6) is 12.0 Å². The lowest BCUT2D eigenvalue weighted by Gasteiger charge is -2.09. The van der Waals surface area contributed by atoms with E-state index in [9.17, 15) is 0 Å². The first-order valence-corrected chi connectivity index (χ1v) is 8.13. The fraction of sp³-hybridized carbons (Fsp3) is 0.353. The van der Waals surface area contributed by atoms with Crippen molar-refractivity contribution in [2.75, 3.05) is 33.2 Å². The number of methoxy groups -OCH3 is 2. The van der Waals surface area contributed by atoms with E-state index in [1.807, 2.05) is 28.8 Å². The molecule has 3 rings (SSSR count). The number of anilines is 1. The number of benzene rings is 1. The molecule has 0 aliphatic heterocycles. The fourth-order valence-electron chi connectivity index (χ4n) is 2.52. The Labute approximate surface area is 150 Å². The minimum absolute atomic E-state index is 0.175. The monoisotopic (exact) mass is 358 g/mol. The number of hydrogen-bond donors (Lipinski definition) is 2. The summed E-state index contributed by atoms with van der Waals surface area (Å²) in [5.74, 6) is 0.234. The van der Waals surface area contributed by atoms with Crippen molar-refractivity contribution in [3.63, 3.8) is 0 Å². The normalized spacial score (nSPS) is 11.0. The highest BCUT2D eigenvalue weighted by atomic mass is 16.5. The standard InChI is InChI=1S/C17H22N6O3/c1-24-7-8-26-16-21-14(19)13-15(22-16)23(17(20-13)25-2)10-12-5-3-11(9-18)4-6-12/h3-6H,7-10,18H2,1-2H3,(H2,19,21,22). The van der Waals surface area contributed by atoms with Crippen molar-refractivity contribution >= 4 is 17.0 Å². The molecule has 9 heteroatoms. The molecule has 0 fully saturated rings. The van der Waals surface area contributed by atoms with Crippen molar-refractivity contribution in [1.29, 1.82) is 0 Å². The van der Waals surface area contributed by atoms with Gasteiger partial charge in [-0.1, -0.05) is 24.3 Å². The number of rotatable bonds is 8. The van der Waals surface area contributed by atoms with Gasteiger partial charge in [0.25, 0.3) is 6.01 Å². The molecular formula is C17H22N6O3. The number of nitrogen functional groups attached to an aromatic ring is 1. The van der Waals surface area contributed by atoms with Crippen LogP contribution in [0.2, 0.25) is 0 Å². The van der Waals surface area contributed by atoms with Crippen molar-refractivity contribution in [3.05, 3.63) is 35.4 Å². The van der Waals surface area contributed by atoms with Crippen molar-refractivity contribution in [1.82, 2.24) is 19.5 Å². The third-order valence-corrected chi connectivity index (χ3v) is 3.87. The molecule has 0 aliphatic rings. The maximum Gasteiger partial charge on any atom is 0.320 e. The third kappa shape index (κ3) is 3.68. The zero-order chi connectivity index (χ0) is 18.5. The van der Waals surface area contributed by atoms with E-state index in [0.717, 1.165) is 11.1 Å². The van der Waals surface area contributed by atoms with Crippen LogP contribution >= 0.6 is 0 Å². The molecule has 26 heavy (non-hydrogen) atoms. The van der Waals surface area contributed by atoms with Gasteiger partial charge >= 0.3 is 6.01 Å². The maximum absolute atomic E-state index is 6.02. The first-order valence-electron chi connectivity index (χ1n) is 8.13. The first-order chi connectivity index (χ1) is 12.7. The van der Waals surface area contributed by atoms with Crippen molar-refractivity contribution < 1.29 is 14.2 Å². The van der Waals surface area contributed by atoms with E-state index in [4.69, 9.17) is 25.7 Å². The topological polar surface area (TPSA) is 123 Å². The molecule has 0 saturated carbocycles. The van der Waals surface area contributed by atoms with Crippen LogP contribution in [0.3, 0.4) is 0 Å². The van der Waals surface area contributed by atoms with Crippen LogP contribution in [-0.4, -0.2) is 47.0 Å². The van der Waals surface area contributed by atoms with Crippen molar-refractivity contribution in [3.8, 4) is 12.0 Å². The second-order valence-electron chi connectivity index (χ2n) is 5.61. The van der Waals surface area contributed by atoms with E-state index in [2.05, 4.69) is 15.0 Å². The largest absolute Gasteiger partial charge is 0.468 e. The predicted molar refractivity (Wildman–Crippen MR) is 97.1 cm³/mol. The van der Waals surface area contributed by atoms with Gasteiger partial charge in [-0.2, -0.15) is 15.0 Å². The van der Waals surface area contributed by atoms with Gasteiger partial charge in [0.05, 0.1) is 20.3 Å². The molecule has 0 saturated heterocycles. The molecule has 0 atom stereocenters. The molecule has 0 unspecified atom stereocenters. The summed E-state index contributed by atoms with van der Waals surface area (Å²) in [7, 11) is 3.15. The lowest BCUT2D eigenvalue weighted by Crippen LogP contribution is -2.09. The van der Waals surface area contributed by atoms with Gasteiger partial charge in [0, 0.05) is 13.7 Å². The predicted octanol–water partition coefficient (Wildman–Crippen LogP) is 0.949. The SMILES string of the molecule is COCCOc1nc(N)c2nc(OC)n(Cc3ccc(CN)cc3)c2n1. The highest BCUT2D eigenvalue weighted by molar-refractivity contribution is 5.83. The smallest absolute Gasteiger partial charge is 0.320 e. The van der Waals surface area contributed by atoms with E-state index < -0.39 is 0 Å². The highest BCUT2D eigenvalue weighted by Gasteiger charge is 2.18. The molecular weight excluding hydrogens is 336 g/mol. The van der Waals surface area contributed by atoms with Gasteiger partial charge in [0.2, 0.25) is 0 Å². The van der Waals surface area contributed by atoms with Crippen LogP contribution in [0.15, 0.2) is 24.3 Å². The van der Waals surface area contributed by atoms with Gasteiger partial charge in [0.1, 0.15) is 6.61 Å². The zero-order valence-corrected chi connectivity index (χ0v) is 14.8. The quantitative estimate of drug-likeness (QED) is 0.571. The van der Waals surface area contributed by atoms with Gasteiger partial charge in [-0.15, -0.1) is 0 Å². The zero-order valence-electron chi connectivity index (χ0n) is 14.8. The van der Waals surface area contributed by atoms with E-state index in [1.54, 1.807) is 14.2 Å². The minimum atomic E-state index is 0.175. The van der Waals surface area contributed by atoms with Crippen LogP contribution in [-0.2, 0) is 17.8 Å². The van der Waals surface area contributed by atoms with Crippen LogP contribution < -0.4 is 20.9 Å². The van der Waals surface area contributed by atoms with Gasteiger partial charge < -0.3 is 25.7 Å². The summed E-state index contributed by atoms with van der Waals surface area (Å²) >= 11 is 0. The van der Waals surface area contributed by atoms with Crippen LogP contribution in [0.25, 0.3) is 11.2 Å². The van der Waals surface area contributed by atoms with E-state index >= 15 is 0 Å². The molecule has 9 nitrogen and oxygen atoms in total. The molecule has 0 aliphatic carbocycles. The van der Waals surface area contributed by atoms with Gasteiger partial charge in [0.15, 0.2) is 17.0 Å². The van der Waals surface area contributed by atoms with Crippen molar-refractivity contribution in [2.45, 2.75) is 13.1 Å². The first kappa shape index (κ1) is 17.9. The molecule has 3 aromatic rings. The summed E-state index contributed by atoms with van der Waals surface area (Å²) in [6.07, 6.45) is 0. The number of imidazole rings is 1. The Hall–Kier alpha value is -2.91. The Balaban J connectivity index is 1.98. The number of nitrogens with two attached hydrogens (primary N) is 2. The molecule has 0 bridgehead atoms. The Morgan fingerprint density at radius 1 is 1.00 bits per heavy atom. The molecule has 2 aromatic heterocycles. The maximum atomic E-state index is 6.02. The summed E-state index contributed by atoms with van der Waals surface area (Å²) < 4.78 is 17.7. The average Bonchev–Trinajstić information content (AvgIpc) is 3.01. The van der Waals surface area contributed by atoms with Crippen LogP contribution in [0.1, 0.15) is 11.1 Å². The molecule has 138 valence electrons. The third-order valence-electron chi connectivity index (χ3n) is 3.87. The minimum Gasteiger partial charge on any atom is -0.468 e. The second-order valence-corrected chi connectivity index (χ2v) is 5.61. The van der Waals surface area contributed by atoms with Gasteiger partial charge in [-0.3, -0.25) is 4.57 Å². The number of fused-ring (bicyclic) bond motifs is 1. The number of hydrogen-bond acceptors (Lipinski definition) is 8. The van der Waals surface area contributed by atoms with Crippen LogP contribution in [0.4, 0.5) is 5.82 Å². The van der Waals surface area contributed by atoms with Gasteiger partial charge in [-0.05, 0) is 11.1 Å². The summed E-state index contributed by atoms with van der Waals surface area (Å²) in [6, 6.07) is 8.57. The molecule has 0 radical (unpaired) electrons. The molecule has 1 aromatic carbocycles. The van der Waals surface area contributed by atoms with E-state index in [1.165, 1.54) is 0 Å². The highest BCUT2D eigenvalue weighted by Crippen LogP contribution is 2.26. The Morgan fingerprint density at radius 2 is 1.73 bits per heavy atom.